The van der Waals surface area contributed by atoms with Crippen molar-refractivity contribution in [2.24, 2.45) is 43.5 Å². The number of nitrogens with two attached hydrogens (primary N) is 1. The van der Waals surface area contributed by atoms with Gasteiger partial charge >= 0.3 is 6.03 Å². The molecule has 5 heteroatoms. The maximum atomic E-state index is 11.8. The SMILES string of the molecule is NC(=O)N(N=O)C1C2(C3(CC3)C23CC3)C12C1(CC1)C21CC1. The number of amides is 2. The molecule has 21 heavy (non-hydrogen) atoms. The van der Waals surface area contributed by atoms with Crippen molar-refractivity contribution in [2.75, 3.05) is 0 Å². The van der Waals surface area contributed by atoms with E-state index in [0.29, 0.717) is 21.7 Å². The van der Waals surface area contributed by atoms with Crippen LogP contribution in [0.1, 0.15) is 51.4 Å². The van der Waals surface area contributed by atoms with Gasteiger partial charge in [0.05, 0.1) is 11.3 Å². The molecule has 5 nitrogen and oxygen atoms in total. The Labute approximate surface area is 122 Å². The molecular weight excluding hydrogens is 266 g/mol. The Kier molecular flexibility index (Phi) is 1.09. The highest BCUT2D eigenvalue weighted by Crippen LogP contribution is 3.24. The summed E-state index contributed by atoms with van der Waals surface area (Å²) in [5.41, 5.74) is 8.01. The Hall–Kier alpha value is -1.13. The van der Waals surface area contributed by atoms with Crippen molar-refractivity contribution >= 4 is 6.03 Å². The molecule has 0 saturated heterocycles. The fourth-order valence-corrected chi connectivity index (χ4v) is 9.33. The van der Waals surface area contributed by atoms with Gasteiger partial charge in [-0.3, -0.25) is 0 Å². The zero-order valence-electron chi connectivity index (χ0n) is 12.0. The molecule has 0 bridgehead atoms. The van der Waals surface area contributed by atoms with E-state index in [-0.39, 0.29) is 16.9 Å². The van der Waals surface area contributed by atoms with Crippen LogP contribution in [0.2, 0.25) is 0 Å². The number of nitrogens with zero attached hydrogens (tertiary/aromatic N) is 2. The van der Waals surface area contributed by atoms with Gasteiger partial charge in [-0.25, -0.2) is 4.79 Å². The molecule has 110 valence electrons. The third-order valence-electron chi connectivity index (χ3n) is 9.64. The second kappa shape index (κ2) is 2.16. The lowest BCUT2D eigenvalue weighted by atomic mass is 10.1. The second-order valence-corrected chi connectivity index (χ2v) is 9.11. The van der Waals surface area contributed by atoms with E-state index < -0.39 is 6.03 Å². The van der Waals surface area contributed by atoms with Gasteiger partial charge in [0, 0.05) is 10.8 Å². The number of carbonyl (C=O) groups excluding carboxylic acids is 1. The van der Waals surface area contributed by atoms with E-state index in [1.54, 1.807) is 0 Å². The average Bonchev–Trinajstić information content (AvgIpc) is 3.20. The van der Waals surface area contributed by atoms with Gasteiger partial charge < -0.3 is 5.73 Å². The van der Waals surface area contributed by atoms with Crippen LogP contribution in [0, 0.1) is 37.4 Å². The van der Waals surface area contributed by atoms with Crippen LogP contribution in [-0.2, 0) is 0 Å². The molecule has 6 spiro atoms. The molecule has 0 aliphatic heterocycles. The lowest BCUT2D eigenvalue weighted by molar-refractivity contribution is 0.198. The molecule has 0 aromatic heterocycles. The number of rotatable bonds is 2. The number of urea groups is 1. The number of nitroso groups, excluding NO2 is 1. The summed E-state index contributed by atoms with van der Waals surface area (Å²) in [6.07, 6.45) is 10.6. The van der Waals surface area contributed by atoms with Crippen molar-refractivity contribution in [3.63, 3.8) is 0 Å². The molecular formula is C16H19N3O2. The molecule has 2 N–H and O–H groups in total. The number of primary amides is 1. The maximum Gasteiger partial charge on any atom is 0.338 e. The van der Waals surface area contributed by atoms with Gasteiger partial charge in [0.25, 0.3) is 0 Å². The summed E-state index contributed by atoms with van der Waals surface area (Å²) in [7, 11) is 0. The van der Waals surface area contributed by atoms with Gasteiger partial charge in [0.15, 0.2) is 0 Å². The zero-order chi connectivity index (χ0) is 14.1. The molecule has 7 aliphatic carbocycles. The Morgan fingerprint density at radius 2 is 1.19 bits per heavy atom. The van der Waals surface area contributed by atoms with Crippen molar-refractivity contribution in [3.05, 3.63) is 4.91 Å². The topological polar surface area (TPSA) is 75.8 Å². The fourth-order valence-electron chi connectivity index (χ4n) is 9.33. The molecule has 7 rings (SSSR count). The van der Waals surface area contributed by atoms with Crippen LogP contribution in [0.5, 0.6) is 0 Å². The highest BCUT2D eigenvalue weighted by atomic mass is 16.3. The minimum Gasteiger partial charge on any atom is -0.350 e. The van der Waals surface area contributed by atoms with Gasteiger partial charge in [-0.05, 0) is 73.0 Å². The van der Waals surface area contributed by atoms with Crippen LogP contribution in [0.4, 0.5) is 4.79 Å². The minimum absolute atomic E-state index is 0.0648. The molecule has 7 aliphatic rings. The first-order valence-electron chi connectivity index (χ1n) is 8.51. The Morgan fingerprint density at radius 1 is 0.857 bits per heavy atom. The predicted octanol–water partition coefficient (Wildman–Crippen LogP) is 2.55. The normalized spacial score (nSPS) is 44.1. The summed E-state index contributed by atoms with van der Waals surface area (Å²) >= 11 is 0. The Bertz CT molecular complexity index is 600. The standard InChI is InChI=1S/C16H19N3O2/c17-10(20)19(18-21)9-15(11(1-2-11)12(15)3-4-12)16(9)13(5-6-13)14(16)7-8-14/h9H,1-8H2,(H2,17,20). The summed E-state index contributed by atoms with van der Waals surface area (Å²) < 4.78 is 0. The van der Waals surface area contributed by atoms with Crippen LogP contribution >= 0.6 is 0 Å². The molecule has 7 fully saturated rings. The van der Waals surface area contributed by atoms with E-state index in [1.807, 2.05) is 0 Å². The summed E-state index contributed by atoms with van der Waals surface area (Å²) in [4.78, 5) is 23.2. The molecule has 0 aromatic carbocycles. The van der Waals surface area contributed by atoms with E-state index >= 15 is 0 Å². The van der Waals surface area contributed by atoms with Gasteiger partial charge in [-0.1, -0.05) is 0 Å². The molecule has 7 saturated carbocycles. The van der Waals surface area contributed by atoms with Gasteiger partial charge in [0.2, 0.25) is 0 Å². The van der Waals surface area contributed by atoms with Crippen LogP contribution in [-0.4, -0.2) is 17.1 Å². The monoisotopic (exact) mass is 285 g/mol. The lowest BCUT2D eigenvalue weighted by Gasteiger charge is -2.10. The first-order chi connectivity index (χ1) is 10.1. The Balaban J connectivity index is 1.46. The largest absolute Gasteiger partial charge is 0.350 e. The van der Waals surface area contributed by atoms with Crippen molar-refractivity contribution in [1.29, 1.82) is 0 Å². The maximum absolute atomic E-state index is 11.8. The molecule has 0 heterocycles. The van der Waals surface area contributed by atoms with Crippen LogP contribution < -0.4 is 5.73 Å². The van der Waals surface area contributed by atoms with Crippen LogP contribution in [0.3, 0.4) is 0 Å². The van der Waals surface area contributed by atoms with Crippen LogP contribution in [0.25, 0.3) is 0 Å². The summed E-state index contributed by atoms with van der Waals surface area (Å²) in [5, 5.41) is 4.28. The average molecular weight is 285 g/mol. The molecule has 2 amide bonds. The van der Waals surface area contributed by atoms with E-state index in [2.05, 4.69) is 5.29 Å². The smallest absolute Gasteiger partial charge is 0.338 e. The molecule has 0 aromatic rings. The molecule has 0 unspecified atom stereocenters. The van der Waals surface area contributed by atoms with E-state index in [9.17, 15) is 9.70 Å². The van der Waals surface area contributed by atoms with Crippen molar-refractivity contribution in [1.82, 2.24) is 5.01 Å². The highest BCUT2D eigenvalue weighted by molar-refractivity contribution is 5.78. The van der Waals surface area contributed by atoms with Crippen LogP contribution in [0.15, 0.2) is 5.29 Å². The Morgan fingerprint density at radius 3 is 1.38 bits per heavy atom. The highest BCUT2D eigenvalue weighted by Gasteiger charge is 3.23. The first-order valence-corrected chi connectivity index (χ1v) is 8.51. The van der Waals surface area contributed by atoms with Crippen molar-refractivity contribution < 1.29 is 4.79 Å². The fraction of sp³-hybridized carbons (Fsp3) is 0.938. The summed E-state index contributed by atoms with van der Waals surface area (Å²) in [5.74, 6) is 0. The number of hydrogen-bond acceptors (Lipinski definition) is 3. The predicted molar refractivity (Wildman–Crippen MR) is 72.5 cm³/mol. The van der Waals surface area contributed by atoms with E-state index in [4.69, 9.17) is 5.73 Å². The third kappa shape index (κ3) is 0.561. The lowest BCUT2D eigenvalue weighted by Crippen LogP contribution is -2.35. The zero-order valence-corrected chi connectivity index (χ0v) is 12.0. The summed E-state index contributed by atoms with van der Waals surface area (Å²) in [6, 6.07) is -0.557. The van der Waals surface area contributed by atoms with E-state index in [0.717, 1.165) is 0 Å². The minimum atomic E-state index is -0.622. The number of hydrogen-bond donors (Lipinski definition) is 1. The quantitative estimate of drug-likeness (QED) is 0.625. The molecule has 0 atom stereocenters. The van der Waals surface area contributed by atoms with Gasteiger partial charge in [-0.2, -0.15) is 5.01 Å². The number of carbonyl (C=O) groups is 1. The van der Waals surface area contributed by atoms with E-state index in [1.165, 1.54) is 56.4 Å². The number of fused-ring (bicyclic) bond motifs is 7. The van der Waals surface area contributed by atoms with Crippen molar-refractivity contribution in [2.45, 2.75) is 57.4 Å². The van der Waals surface area contributed by atoms with Gasteiger partial charge in [-0.15, -0.1) is 4.91 Å². The third-order valence-corrected chi connectivity index (χ3v) is 9.64. The molecule has 0 radical (unpaired) electrons. The second-order valence-electron chi connectivity index (χ2n) is 9.11. The summed E-state index contributed by atoms with van der Waals surface area (Å²) in [6.45, 7) is 0. The van der Waals surface area contributed by atoms with Crippen molar-refractivity contribution in [3.8, 4) is 0 Å². The first kappa shape index (κ1) is 10.6. The van der Waals surface area contributed by atoms with Gasteiger partial charge in [0.1, 0.15) is 0 Å².